The molecule has 1 aromatic rings. The average Bonchev–Trinajstić information content (AvgIpc) is 2.56. The van der Waals surface area contributed by atoms with Crippen LogP contribution in [0.5, 0.6) is 0 Å². The molecule has 1 aliphatic heterocycles. The van der Waals surface area contributed by atoms with Gasteiger partial charge in [-0.3, -0.25) is 4.99 Å². The predicted molar refractivity (Wildman–Crippen MR) is 113 cm³/mol. The number of likely N-dealkylation sites (tertiary alicyclic amines) is 1. The fourth-order valence-electron chi connectivity index (χ4n) is 2.63. The predicted octanol–water partition coefficient (Wildman–Crippen LogP) is 2.54. The molecule has 0 bridgehead atoms. The molecule has 0 aliphatic carbocycles. The monoisotopic (exact) mass is 500 g/mol. The molecule has 142 valence electrons. The summed E-state index contributed by atoms with van der Waals surface area (Å²) in [6.45, 7) is 4.97. The summed E-state index contributed by atoms with van der Waals surface area (Å²) in [5.41, 5.74) is 0. The lowest BCUT2D eigenvalue weighted by molar-refractivity contribution is 0.273. The smallest absolute Gasteiger partial charge is 0.240 e. The zero-order chi connectivity index (χ0) is 17.6. The molecule has 1 saturated heterocycles. The van der Waals surface area contributed by atoms with Gasteiger partial charge in [-0.25, -0.2) is 13.1 Å². The van der Waals surface area contributed by atoms with E-state index in [-0.39, 0.29) is 35.4 Å². The minimum absolute atomic E-state index is 0. The van der Waals surface area contributed by atoms with Crippen molar-refractivity contribution in [1.82, 2.24) is 14.9 Å². The van der Waals surface area contributed by atoms with Crippen LogP contribution in [0.4, 0.5) is 0 Å². The van der Waals surface area contributed by atoms with Gasteiger partial charge in [0.15, 0.2) is 5.96 Å². The van der Waals surface area contributed by atoms with Crippen molar-refractivity contribution in [3.8, 4) is 0 Å². The number of aliphatic imine (C=N–C) groups is 1. The summed E-state index contributed by atoms with van der Waals surface area (Å²) in [5, 5.41) is 3.61. The summed E-state index contributed by atoms with van der Waals surface area (Å²) in [5.74, 6) is 1.58. The Labute approximate surface area is 172 Å². The standard InChI is InChI=1S/C16H25ClN4O2S.HI/c1-13-6-10-21(11-7-13)16(18-2)19-8-9-20-24(22,23)15-5-3-4-14(17)12-15;/h3-5,12-13,20H,6-11H2,1-2H3,(H,18,19);1H. The van der Waals surface area contributed by atoms with Crippen molar-refractivity contribution < 1.29 is 8.42 Å². The highest BCUT2D eigenvalue weighted by Crippen LogP contribution is 2.16. The number of hydrogen-bond donors (Lipinski definition) is 2. The molecule has 0 unspecified atom stereocenters. The van der Waals surface area contributed by atoms with Crippen LogP contribution in [0.15, 0.2) is 34.2 Å². The molecular weight excluding hydrogens is 475 g/mol. The van der Waals surface area contributed by atoms with Crippen LogP contribution in [0.1, 0.15) is 19.8 Å². The largest absolute Gasteiger partial charge is 0.355 e. The Morgan fingerprint density at radius 2 is 2.00 bits per heavy atom. The normalized spacial score (nSPS) is 16.4. The van der Waals surface area contributed by atoms with Gasteiger partial charge in [0, 0.05) is 38.2 Å². The van der Waals surface area contributed by atoms with Crippen molar-refractivity contribution in [3.05, 3.63) is 29.3 Å². The van der Waals surface area contributed by atoms with Gasteiger partial charge in [0.1, 0.15) is 0 Å². The molecule has 1 aromatic carbocycles. The Morgan fingerprint density at radius 1 is 1.32 bits per heavy atom. The first kappa shape index (κ1) is 22.5. The fourth-order valence-corrected chi connectivity index (χ4v) is 3.96. The third-order valence-electron chi connectivity index (χ3n) is 4.10. The van der Waals surface area contributed by atoms with Crippen LogP contribution >= 0.6 is 35.6 Å². The van der Waals surface area contributed by atoms with Gasteiger partial charge in [0.25, 0.3) is 0 Å². The van der Waals surface area contributed by atoms with E-state index < -0.39 is 10.0 Å². The van der Waals surface area contributed by atoms with Crippen LogP contribution < -0.4 is 10.0 Å². The average molecular weight is 501 g/mol. The van der Waals surface area contributed by atoms with Crippen LogP contribution in [-0.2, 0) is 10.0 Å². The quantitative estimate of drug-likeness (QED) is 0.282. The van der Waals surface area contributed by atoms with Crippen molar-refractivity contribution in [3.63, 3.8) is 0 Å². The van der Waals surface area contributed by atoms with Gasteiger partial charge in [0.05, 0.1) is 4.90 Å². The first-order valence-electron chi connectivity index (χ1n) is 8.13. The Bertz CT molecular complexity index is 676. The molecule has 0 spiro atoms. The second-order valence-corrected chi connectivity index (χ2v) is 8.20. The second-order valence-electron chi connectivity index (χ2n) is 6.00. The number of rotatable bonds is 5. The maximum atomic E-state index is 12.2. The maximum absolute atomic E-state index is 12.2. The minimum Gasteiger partial charge on any atom is -0.355 e. The lowest BCUT2D eigenvalue weighted by Gasteiger charge is -2.32. The molecule has 6 nitrogen and oxygen atoms in total. The van der Waals surface area contributed by atoms with E-state index in [0.29, 0.717) is 11.6 Å². The topological polar surface area (TPSA) is 73.8 Å². The summed E-state index contributed by atoms with van der Waals surface area (Å²) in [6.07, 6.45) is 2.31. The third-order valence-corrected chi connectivity index (χ3v) is 5.80. The molecule has 0 saturated carbocycles. The Kier molecular flexibility index (Phi) is 9.47. The van der Waals surface area contributed by atoms with Gasteiger partial charge in [0.2, 0.25) is 10.0 Å². The molecule has 0 radical (unpaired) electrons. The van der Waals surface area contributed by atoms with Crippen molar-refractivity contribution in [1.29, 1.82) is 0 Å². The number of nitrogens with zero attached hydrogens (tertiary/aromatic N) is 2. The number of nitrogens with one attached hydrogen (secondary N) is 2. The summed E-state index contributed by atoms with van der Waals surface area (Å²) >= 11 is 5.84. The summed E-state index contributed by atoms with van der Waals surface area (Å²) in [4.78, 5) is 6.66. The number of piperidine rings is 1. The van der Waals surface area contributed by atoms with Gasteiger partial charge in [-0.2, -0.15) is 0 Å². The van der Waals surface area contributed by atoms with E-state index >= 15 is 0 Å². The van der Waals surface area contributed by atoms with E-state index in [1.54, 1.807) is 19.2 Å². The van der Waals surface area contributed by atoms with Crippen LogP contribution in [-0.4, -0.2) is 52.5 Å². The van der Waals surface area contributed by atoms with Crippen molar-refractivity contribution in [2.24, 2.45) is 10.9 Å². The van der Waals surface area contributed by atoms with Crippen LogP contribution in [0.2, 0.25) is 5.02 Å². The number of halogens is 2. The van der Waals surface area contributed by atoms with Gasteiger partial charge in [-0.1, -0.05) is 24.6 Å². The summed E-state index contributed by atoms with van der Waals surface area (Å²) in [6, 6.07) is 6.22. The molecule has 1 fully saturated rings. The summed E-state index contributed by atoms with van der Waals surface area (Å²) < 4.78 is 27.0. The zero-order valence-corrected chi connectivity index (χ0v) is 18.4. The third kappa shape index (κ3) is 6.92. The van der Waals surface area contributed by atoms with Gasteiger partial charge < -0.3 is 10.2 Å². The van der Waals surface area contributed by atoms with E-state index in [2.05, 4.69) is 26.9 Å². The Morgan fingerprint density at radius 3 is 2.60 bits per heavy atom. The molecule has 9 heteroatoms. The first-order valence-corrected chi connectivity index (χ1v) is 9.99. The SMILES string of the molecule is CN=C(NCCNS(=O)(=O)c1cccc(Cl)c1)N1CCC(C)CC1.I. The lowest BCUT2D eigenvalue weighted by Crippen LogP contribution is -2.47. The van der Waals surface area contributed by atoms with Crippen LogP contribution in [0, 0.1) is 5.92 Å². The molecule has 0 aromatic heterocycles. The molecular formula is C16H26ClIN4O2S. The highest BCUT2D eigenvalue weighted by atomic mass is 127. The number of sulfonamides is 1. The first-order chi connectivity index (χ1) is 11.4. The summed E-state index contributed by atoms with van der Waals surface area (Å²) in [7, 11) is -1.80. The molecule has 0 amide bonds. The van der Waals surface area contributed by atoms with Crippen molar-refractivity contribution in [2.45, 2.75) is 24.7 Å². The molecule has 2 rings (SSSR count). The van der Waals surface area contributed by atoms with Crippen LogP contribution in [0.3, 0.4) is 0 Å². The Hall–Kier alpha value is -0.580. The number of guanidine groups is 1. The lowest BCUT2D eigenvalue weighted by atomic mass is 10.00. The zero-order valence-electron chi connectivity index (χ0n) is 14.5. The molecule has 1 heterocycles. The van der Waals surface area contributed by atoms with E-state index in [4.69, 9.17) is 11.6 Å². The fraction of sp³-hybridized carbons (Fsp3) is 0.562. The minimum atomic E-state index is -3.55. The van der Waals surface area contributed by atoms with E-state index in [1.807, 2.05) is 0 Å². The van der Waals surface area contributed by atoms with E-state index in [1.165, 1.54) is 12.1 Å². The Balaban J connectivity index is 0.00000312. The van der Waals surface area contributed by atoms with Gasteiger partial charge in [-0.05, 0) is 37.0 Å². The van der Waals surface area contributed by atoms with E-state index in [0.717, 1.165) is 37.8 Å². The van der Waals surface area contributed by atoms with Crippen molar-refractivity contribution >= 4 is 51.6 Å². The van der Waals surface area contributed by atoms with Crippen molar-refractivity contribution in [2.75, 3.05) is 33.2 Å². The highest BCUT2D eigenvalue weighted by molar-refractivity contribution is 14.0. The van der Waals surface area contributed by atoms with E-state index in [9.17, 15) is 8.42 Å². The molecule has 25 heavy (non-hydrogen) atoms. The maximum Gasteiger partial charge on any atom is 0.240 e. The number of hydrogen-bond acceptors (Lipinski definition) is 3. The molecule has 2 N–H and O–H groups in total. The van der Waals surface area contributed by atoms with Gasteiger partial charge >= 0.3 is 0 Å². The molecule has 0 atom stereocenters. The molecule has 1 aliphatic rings. The highest BCUT2D eigenvalue weighted by Gasteiger charge is 2.18. The van der Waals surface area contributed by atoms with Crippen LogP contribution in [0.25, 0.3) is 0 Å². The second kappa shape index (κ2) is 10.5. The van der Waals surface area contributed by atoms with Gasteiger partial charge in [-0.15, -0.1) is 24.0 Å². The number of benzene rings is 1.